The van der Waals surface area contributed by atoms with Crippen molar-refractivity contribution in [2.75, 3.05) is 18.0 Å². The smallest absolute Gasteiger partial charge is 0.128 e. The highest BCUT2D eigenvalue weighted by molar-refractivity contribution is 9.10. The molecular formula is C13H19BrN2. The van der Waals surface area contributed by atoms with Crippen molar-refractivity contribution in [3.63, 3.8) is 0 Å². The minimum atomic E-state index is 0.763. The van der Waals surface area contributed by atoms with Gasteiger partial charge in [0.15, 0.2) is 0 Å². The molecule has 0 aromatic carbocycles. The fraction of sp³-hybridized carbons (Fsp3) is 0.615. The first-order valence-electron chi connectivity index (χ1n) is 5.95. The first-order chi connectivity index (χ1) is 7.58. The second kappa shape index (κ2) is 4.74. The molecule has 0 amide bonds. The van der Waals surface area contributed by atoms with Crippen LogP contribution >= 0.6 is 15.9 Å². The minimum Gasteiger partial charge on any atom is -0.356 e. The number of hydrogen-bond acceptors (Lipinski definition) is 2. The Bertz CT molecular complexity index is 378. The van der Waals surface area contributed by atoms with Gasteiger partial charge in [0.2, 0.25) is 0 Å². The fourth-order valence-corrected chi connectivity index (χ4v) is 2.39. The lowest BCUT2D eigenvalue weighted by Crippen LogP contribution is -2.38. The molecule has 1 saturated heterocycles. The Hall–Kier alpha value is -0.570. The zero-order valence-corrected chi connectivity index (χ0v) is 11.8. The maximum Gasteiger partial charge on any atom is 0.128 e. The number of piperidine rings is 1. The highest BCUT2D eigenvalue weighted by Gasteiger charge is 2.23. The summed E-state index contributed by atoms with van der Waals surface area (Å²) in [5.74, 6) is 2.73. The van der Waals surface area contributed by atoms with E-state index in [0.29, 0.717) is 0 Å². The molecule has 0 spiro atoms. The molecule has 0 aliphatic carbocycles. The average Bonchev–Trinajstić information content (AvgIpc) is 2.26. The van der Waals surface area contributed by atoms with Crippen LogP contribution in [0.3, 0.4) is 0 Å². The van der Waals surface area contributed by atoms with Crippen LogP contribution in [-0.4, -0.2) is 18.1 Å². The molecule has 1 aliphatic rings. The SMILES string of the molecule is Cc1cc(N2CCC(C)C(C)C2)ncc1Br. The number of nitrogens with zero attached hydrogens (tertiary/aromatic N) is 2. The van der Waals surface area contributed by atoms with E-state index >= 15 is 0 Å². The third-order valence-electron chi connectivity index (χ3n) is 3.69. The van der Waals surface area contributed by atoms with E-state index in [4.69, 9.17) is 0 Å². The molecule has 0 bridgehead atoms. The van der Waals surface area contributed by atoms with E-state index in [9.17, 15) is 0 Å². The van der Waals surface area contributed by atoms with Gasteiger partial charge in [0, 0.05) is 23.8 Å². The number of aryl methyl sites for hydroxylation is 1. The Labute approximate surface area is 106 Å². The maximum absolute atomic E-state index is 4.50. The van der Waals surface area contributed by atoms with E-state index in [0.717, 1.165) is 35.2 Å². The third kappa shape index (κ3) is 2.40. The van der Waals surface area contributed by atoms with Crippen molar-refractivity contribution in [2.45, 2.75) is 27.2 Å². The van der Waals surface area contributed by atoms with Gasteiger partial charge in [-0.3, -0.25) is 0 Å². The van der Waals surface area contributed by atoms with Gasteiger partial charge in [-0.1, -0.05) is 13.8 Å². The molecule has 2 rings (SSSR count). The number of anilines is 1. The summed E-state index contributed by atoms with van der Waals surface area (Å²) >= 11 is 3.49. The van der Waals surface area contributed by atoms with E-state index in [1.165, 1.54) is 12.0 Å². The Morgan fingerprint density at radius 3 is 2.75 bits per heavy atom. The fourth-order valence-electron chi connectivity index (χ4n) is 2.17. The Kier molecular flexibility index (Phi) is 3.53. The van der Waals surface area contributed by atoms with Gasteiger partial charge in [-0.05, 0) is 52.7 Å². The lowest BCUT2D eigenvalue weighted by atomic mass is 9.89. The largest absolute Gasteiger partial charge is 0.356 e. The topological polar surface area (TPSA) is 16.1 Å². The summed E-state index contributed by atoms with van der Waals surface area (Å²) in [6.45, 7) is 9.07. The molecule has 0 radical (unpaired) electrons. The van der Waals surface area contributed by atoms with Gasteiger partial charge in [0.25, 0.3) is 0 Å². The monoisotopic (exact) mass is 282 g/mol. The van der Waals surface area contributed by atoms with E-state index in [1.54, 1.807) is 0 Å². The van der Waals surface area contributed by atoms with Gasteiger partial charge in [-0.25, -0.2) is 4.98 Å². The van der Waals surface area contributed by atoms with Gasteiger partial charge in [-0.15, -0.1) is 0 Å². The molecule has 1 aromatic rings. The number of pyridine rings is 1. The zero-order valence-electron chi connectivity index (χ0n) is 10.2. The normalized spacial score (nSPS) is 25.9. The number of aromatic nitrogens is 1. The molecule has 1 aromatic heterocycles. The van der Waals surface area contributed by atoms with Crippen molar-refractivity contribution in [1.82, 2.24) is 4.98 Å². The average molecular weight is 283 g/mol. The molecule has 2 unspecified atom stereocenters. The second-order valence-electron chi connectivity index (χ2n) is 4.98. The summed E-state index contributed by atoms with van der Waals surface area (Å²) in [4.78, 5) is 6.91. The van der Waals surface area contributed by atoms with Crippen LogP contribution in [0.15, 0.2) is 16.7 Å². The number of hydrogen-bond donors (Lipinski definition) is 0. The molecule has 0 N–H and O–H groups in total. The Morgan fingerprint density at radius 1 is 1.38 bits per heavy atom. The lowest BCUT2D eigenvalue weighted by molar-refractivity contribution is 0.323. The molecule has 2 atom stereocenters. The molecule has 1 fully saturated rings. The molecule has 0 saturated carbocycles. The summed E-state index contributed by atoms with van der Waals surface area (Å²) in [6, 6.07) is 2.17. The summed E-state index contributed by atoms with van der Waals surface area (Å²) in [6.07, 6.45) is 3.19. The van der Waals surface area contributed by atoms with Gasteiger partial charge >= 0.3 is 0 Å². The van der Waals surface area contributed by atoms with Crippen molar-refractivity contribution < 1.29 is 0 Å². The minimum absolute atomic E-state index is 0.763. The highest BCUT2D eigenvalue weighted by Crippen LogP contribution is 2.27. The van der Waals surface area contributed by atoms with Gasteiger partial charge in [-0.2, -0.15) is 0 Å². The van der Waals surface area contributed by atoms with Crippen molar-refractivity contribution in [1.29, 1.82) is 0 Å². The van der Waals surface area contributed by atoms with Crippen molar-refractivity contribution in [2.24, 2.45) is 11.8 Å². The Balaban J connectivity index is 2.15. The predicted molar refractivity (Wildman–Crippen MR) is 71.8 cm³/mol. The van der Waals surface area contributed by atoms with E-state index in [1.807, 2.05) is 6.20 Å². The van der Waals surface area contributed by atoms with Crippen LogP contribution < -0.4 is 4.90 Å². The number of rotatable bonds is 1. The van der Waals surface area contributed by atoms with Gasteiger partial charge in [0.1, 0.15) is 5.82 Å². The zero-order chi connectivity index (χ0) is 11.7. The molecule has 2 nitrogen and oxygen atoms in total. The second-order valence-corrected chi connectivity index (χ2v) is 5.84. The predicted octanol–water partition coefficient (Wildman–Crippen LogP) is 3.63. The van der Waals surface area contributed by atoms with Crippen LogP contribution in [0.5, 0.6) is 0 Å². The number of halogens is 1. The van der Waals surface area contributed by atoms with Crippen LogP contribution in [0.2, 0.25) is 0 Å². The standard InChI is InChI=1S/C13H19BrN2/c1-9-4-5-16(8-11(9)3)13-6-10(2)12(14)7-15-13/h6-7,9,11H,4-5,8H2,1-3H3. The van der Waals surface area contributed by atoms with Gasteiger partial charge < -0.3 is 4.90 Å². The van der Waals surface area contributed by atoms with Crippen LogP contribution in [0, 0.1) is 18.8 Å². The summed E-state index contributed by atoms with van der Waals surface area (Å²) < 4.78 is 1.09. The van der Waals surface area contributed by atoms with Crippen molar-refractivity contribution in [3.05, 3.63) is 22.3 Å². The van der Waals surface area contributed by atoms with Crippen molar-refractivity contribution >= 4 is 21.7 Å². The molecule has 2 heterocycles. The molecule has 16 heavy (non-hydrogen) atoms. The molecular weight excluding hydrogens is 264 g/mol. The molecule has 88 valence electrons. The first-order valence-corrected chi connectivity index (χ1v) is 6.74. The summed E-state index contributed by atoms with van der Waals surface area (Å²) in [7, 11) is 0. The lowest BCUT2D eigenvalue weighted by Gasteiger charge is -2.36. The van der Waals surface area contributed by atoms with E-state index in [-0.39, 0.29) is 0 Å². The molecule has 3 heteroatoms. The van der Waals surface area contributed by atoms with Crippen LogP contribution in [0.25, 0.3) is 0 Å². The first kappa shape index (κ1) is 11.9. The molecule has 1 aliphatic heterocycles. The maximum atomic E-state index is 4.50. The van der Waals surface area contributed by atoms with Crippen LogP contribution in [0.1, 0.15) is 25.8 Å². The van der Waals surface area contributed by atoms with E-state index in [2.05, 4.69) is 52.7 Å². The Morgan fingerprint density at radius 2 is 2.12 bits per heavy atom. The van der Waals surface area contributed by atoms with Crippen LogP contribution in [-0.2, 0) is 0 Å². The van der Waals surface area contributed by atoms with Crippen molar-refractivity contribution in [3.8, 4) is 0 Å². The third-order valence-corrected chi connectivity index (χ3v) is 4.52. The van der Waals surface area contributed by atoms with Crippen LogP contribution in [0.4, 0.5) is 5.82 Å². The highest BCUT2D eigenvalue weighted by atomic mass is 79.9. The van der Waals surface area contributed by atoms with Gasteiger partial charge in [0.05, 0.1) is 0 Å². The quantitative estimate of drug-likeness (QED) is 0.782. The summed E-state index contributed by atoms with van der Waals surface area (Å²) in [5.41, 5.74) is 1.26. The summed E-state index contributed by atoms with van der Waals surface area (Å²) in [5, 5.41) is 0. The van der Waals surface area contributed by atoms with E-state index < -0.39 is 0 Å².